The van der Waals surface area contributed by atoms with Crippen LogP contribution in [0.2, 0.25) is 10.0 Å². The van der Waals surface area contributed by atoms with Crippen molar-refractivity contribution in [2.24, 2.45) is 0 Å². The molecule has 2 fully saturated rings. The van der Waals surface area contributed by atoms with E-state index >= 15 is 0 Å². The third-order valence-electron chi connectivity index (χ3n) is 4.67. The van der Waals surface area contributed by atoms with Gasteiger partial charge in [-0.25, -0.2) is 0 Å². The van der Waals surface area contributed by atoms with Gasteiger partial charge in [0.2, 0.25) is 5.91 Å². The molecule has 2 heterocycles. The normalized spacial score (nSPS) is 19.9. The van der Waals surface area contributed by atoms with Gasteiger partial charge < -0.3 is 9.80 Å². The lowest BCUT2D eigenvalue weighted by Crippen LogP contribution is -2.40. The van der Waals surface area contributed by atoms with Gasteiger partial charge in [-0.1, -0.05) is 23.2 Å². The summed E-state index contributed by atoms with van der Waals surface area (Å²) in [6, 6.07) is 5.78. The van der Waals surface area contributed by atoms with Crippen molar-refractivity contribution in [1.82, 2.24) is 9.80 Å². The van der Waals surface area contributed by atoms with Crippen LogP contribution >= 0.6 is 23.2 Å². The van der Waals surface area contributed by atoms with Crippen molar-refractivity contribution < 1.29 is 4.79 Å². The molecule has 0 atom stereocenters. The molecule has 2 aliphatic rings. The van der Waals surface area contributed by atoms with Gasteiger partial charge in [0.25, 0.3) is 0 Å². The second-order valence-corrected chi connectivity index (χ2v) is 7.12. The van der Waals surface area contributed by atoms with Crippen molar-refractivity contribution in [3.05, 3.63) is 28.2 Å². The quantitative estimate of drug-likeness (QED) is 0.833. The number of nitrogens with zero attached hydrogens (tertiary/aromatic N) is 3. The van der Waals surface area contributed by atoms with Crippen LogP contribution in [0.25, 0.3) is 0 Å². The molecule has 0 N–H and O–H groups in total. The van der Waals surface area contributed by atoms with E-state index in [1.807, 2.05) is 23.1 Å². The number of carbonyl (C=O) groups is 1. The Kier molecular flexibility index (Phi) is 5.67. The number of anilines is 1. The molecule has 6 heteroatoms. The molecular weight excluding hydrogens is 333 g/mol. The number of likely N-dealkylation sites (tertiary alicyclic amines) is 1. The summed E-state index contributed by atoms with van der Waals surface area (Å²) in [5.41, 5.74) is 1.10. The maximum absolute atomic E-state index is 12.3. The van der Waals surface area contributed by atoms with Gasteiger partial charge in [0.05, 0.1) is 16.6 Å². The first-order chi connectivity index (χ1) is 11.1. The molecule has 1 amide bonds. The minimum Gasteiger partial charge on any atom is -0.370 e. The Morgan fingerprint density at radius 2 is 1.70 bits per heavy atom. The number of benzene rings is 1. The summed E-state index contributed by atoms with van der Waals surface area (Å²) in [5, 5.41) is 1.18. The van der Waals surface area contributed by atoms with E-state index in [2.05, 4.69) is 9.80 Å². The van der Waals surface area contributed by atoms with Crippen LogP contribution in [0, 0.1) is 0 Å². The molecule has 0 spiro atoms. The smallest absolute Gasteiger partial charge is 0.236 e. The Hall–Kier alpha value is -0.970. The number of carbonyl (C=O) groups excluding carboxylic acids is 1. The Labute approximate surface area is 147 Å². The van der Waals surface area contributed by atoms with Crippen molar-refractivity contribution in [1.29, 1.82) is 0 Å². The molecule has 1 aromatic rings. The number of hydrogen-bond acceptors (Lipinski definition) is 3. The fourth-order valence-electron chi connectivity index (χ4n) is 3.33. The summed E-state index contributed by atoms with van der Waals surface area (Å²) in [6.45, 7) is 6.17. The summed E-state index contributed by atoms with van der Waals surface area (Å²) in [5.74, 6) is 0.283. The van der Waals surface area contributed by atoms with Crippen molar-refractivity contribution >= 4 is 34.8 Å². The van der Waals surface area contributed by atoms with Gasteiger partial charge in [-0.05, 0) is 37.5 Å². The summed E-state index contributed by atoms with van der Waals surface area (Å²) >= 11 is 12.1. The SMILES string of the molecule is O=C(CN1CCCN(c2ccc(Cl)c(Cl)c2)CC1)N1CCCC1. The highest BCUT2D eigenvalue weighted by Gasteiger charge is 2.22. The second-order valence-electron chi connectivity index (χ2n) is 6.30. The van der Waals surface area contributed by atoms with Crippen molar-refractivity contribution in [3.63, 3.8) is 0 Å². The molecule has 4 nitrogen and oxygen atoms in total. The van der Waals surface area contributed by atoms with Crippen LogP contribution in [0.3, 0.4) is 0 Å². The molecule has 1 aromatic carbocycles. The number of hydrogen-bond donors (Lipinski definition) is 0. The number of rotatable bonds is 3. The van der Waals surface area contributed by atoms with Crippen molar-refractivity contribution in [2.75, 3.05) is 50.7 Å². The minimum atomic E-state index is 0.283. The van der Waals surface area contributed by atoms with Gasteiger partial charge in [-0.2, -0.15) is 0 Å². The van der Waals surface area contributed by atoms with Crippen molar-refractivity contribution in [2.45, 2.75) is 19.3 Å². The van der Waals surface area contributed by atoms with Crippen LogP contribution in [0.4, 0.5) is 5.69 Å². The summed E-state index contributed by atoms with van der Waals surface area (Å²) in [7, 11) is 0. The van der Waals surface area contributed by atoms with E-state index < -0.39 is 0 Å². The monoisotopic (exact) mass is 355 g/mol. The van der Waals surface area contributed by atoms with E-state index in [0.717, 1.165) is 64.2 Å². The summed E-state index contributed by atoms with van der Waals surface area (Å²) < 4.78 is 0. The van der Waals surface area contributed by atoms with Gasteiger partial charge in [0, 0.05) is 45.0 Å². The molecule has 0 saturated carbocycles. The predicted molar refractivity (Wildman–Crippen MR) is 95.5 cm³/mol. The van der Waals surface area contributed by atoms with E-state index in [0.29, 0.717) is 16.6 Å². The third-order valence-corrected chi connectivity index (χ3v) is 5.41. The standard InChI is InChI=1S/C17H23Cl2N3O/c18-15-5-4-14(12-16(15)19)21-9-3-6-20(10-11-21)13-17(23)22-7-1-2-8-22/h4-5,12H,1-3,6-11,13H2. The Morgan fingerprint density at radius 3 is 2.43 bits per heavy atom. The van der Waals surface area contributed by atoms with Gasteiger partial charge in [0.1, 0.15) is 0 Å². The molecule has 23 heavy (non-hydrogen) atoms. The van der Waals surface area contributed by atoms with E-state index in [1.54, 1.807) is 0 Å². The maximum atomic E-state index is 12.3. The van der Waals surface area contributed by atoms with E-state index in [9.17, 15) is 4.79 Å². The Balaban J connectivity index is 1.56. The third kappa shape index (κ3) is 4.31. The van der Waals surface area contributed by atoms with E-state index in [4.69, 9.17) is 23.2 Å². The zero-order valence-corrected chi connectivity index (χ0v) is 14.8. The maximum Gasteiger partial charge on any atom is 0.236 e. The molecular formula is C17H23Cl2N3O. The van der Waals surface area contributed by atoms with Crippen LogP contribution in [-0.2, 0) is 4.79 Å². The van der Waals surface area contributed by atoms with Gasteiger partial charge >= 0.3 is 0 Å². The van der Waals surface area contributed by atoms with E-state index in [1.165, 1.54) is 0 Å². The fraction of sp³-hybridized carbons (Fsp3) is 0.588. The largest absolute Gasteiger partial charge is 0.370 e. The highest BCUT2D eigenvalue weighted by Crippen LogP contribution is 2.27. The molecule has 126 valence electrons. The fourth-order valence-corrected chi connectivity index (χ4v) is 3.62. The van der Waals surface area contributed by atoms with Crippen LogP contribution < -0.4 is 4.90 Å². The van der Waals surface area contributed by atoms with Crippen LogP contribution in [0.5, 0.6) is 0 Å². The minimum absolute atomic E-state index is 0.283. The first kappa shape index (κ1) is 16.9. The van der Waals surface area contributed by atoms with Crippen LogP contribution in [0.1, 0.15) is 19.3 Å². The topological polar surface area (TPSA) is 26.8 Å². The Morgan fingerprint density at radius 1 is 0.913 bits per heavy atom. The number of amides is 1. The zero-order chi connectivity index (χ0) is 16.2. The number of halogens is 2. The summed E-state index contributed by atoms with van der Waals surface area (Å²) in [6.07, 6.45) is 3.35. The summed E-state index contributed by atoms with van der Waals surface area (Å²) in [4.78, 5) is 18.9. The molecule has 2 aliphatic heterocycles. The Bertz CT molecular complexity index is 561. The average Bonchev–Trinajstić information content (AvgIpc) is 2.98. The molecule has 3 rings (SSSR count). The first-order valence-electron chi connectivity index (χ1n) is 8.33. The molecule has 0 unspecified atom stereocenters. The first-order valence-corrected chi connectivity index (χ1v) is 9.09. The zero-order valence-electron chi connectivity index (χ0n) is 13.3. The van der Waals surface area contributed by atoms with Crippen LogP contribution in [-0.4, -0.2) is 61.5 Å². The lowest BCUT2D eigenvalue weighted by molar-refractivity contribution is -0.131. The van der Waals surface area contributed by atoms with Gasteiger partial charge in [0.15, 0.2) is 0 Å². The van der Waals surface area contributed by atoms with Crippen LogP contribution in [0.15, 0.2) is 18.2 Å². The lowest BCUT2D eigenvalue weighted by atomic mass is 10.2. The lowest BCUT2D eigenvalue weighted by Gasteiger charge is -2.25. The molecule has 0 radical (unpaired) electrons. The highest BCUT2D eigenvalue weighted by molar-refractivity contribution is 6.42. The predicted octanol–water partition coefficient (Wildman–Crippen LogP) is 3.13. The molecule has 0 aliphatic carbocycles. The van der Waals surface area contributed by atoms with Gasteiger partial charge in [-0.3, -0.25) is 9.69 Å². The highest BCUT2D eigenvalue weighted by atomic mass is 35.5. The molecule has 2 saturated heterocycles. The average molecular weight is 356 g/mol. The van der Waals surface area contributed by atoms with Crippen molar-refractivity contribution in [3.8, 4) is 0 Å². The van der Waals surface area contributed by atoms with Gasteiger partial charge in [-0.15, -0.1) is 0 Å². The van der Waals surface area contributed by atoms with E-state index in [-0.39, 0.29) is 5.91 Å². The molecule has 0 aromatic heterocycles. The molecule has 0 bridgehead atoms. The second kappa shape index (κ2) is 7.73.